The number of rotatable bonds is 15. The second-order valence-electron chi connectivity index (χ2n) is 12.3. The molecule has 0 aliphatic carbocycles. The number of para-hydroxylation sites is 4. The molecule has 40 heavy (non-hydrogen) atoms. The predicted octanol–water partition coefficient (Wildman–Crippen LogP) is 5.50. The van der Waals surface area contributed by atoms with Gasteiger partial charge in [0.1, 0.15) is 13.1 Å². The molecule has 2 aliphatic rings. The largest absolute Gasteiger partial charge is 0.310 e. The molecule has 2 aromatic carbocycles. The van der Waals surface area contributed by atoms with Crippen LogP contribution in [0.4, 0.5) is 0 Å². The van der Waals surface area contributed by atoms with Crippen molar-refractivity contribution in [2.45, 2.75) is 115 Å². The van der Waals surface area contributed by atoms with Crippen molar-refractivity contribution in [3.8, 4) is 0 Å². The SMILES string of the molecule is c1ccc2c(c1)n(CCCCCCCCCCn1c[n+](C[C@@H]3CCCN3)c3ccccc31)c[n+]2C[C@@H]1CCCN1. The number of nitrogens with one attached hydrogen (secondary N) is 2. The lowest BCUT2D eigenvalue weighted by molar-refractivity contribution is -0.674. The second kappa shape index (κ2) is 13.8. The highest BCUT2D eigenvalue weighted by Gasteiger charge is 2.22. The first-order valence-corrected chi connectivity index (χ1v) is 16.3. The topological polar surface area (TPSA) is 41.7 Å². The zero-order valence-electron chi connectivity index (χ0n) is 24.4. The van der Waals surface area contributed by atoms with E-state index in [0.29, 0.717) is 12.1 Å². The summed E-state index contributed by atoms with van der Waals surface area (Å²) in [5, 5.41) is 7.31. The highest BCUT2D eigenvalue weighted by Crippen LogP contribution is 2.17. The van der Waals surface area contributed by atoms with Crippen molar-refractivity contribution in [1.29, 1.82) is 0 Å². The number of unbranched alkanes of at least 4 members (excludes halogenated alkanes) is 7. The maximum absolute atomic E-state index is 3.66. The minimum absolute atomic E-state index is 0.627. The van der Waals surface area contributed by atoms with Gasteiger partial charge in [-0.05, 0) is 88.7 Å². The molecule has 6 nitrogen and oxygen atoms in total. The fourth-order valence-corrected chi connectivity index (χ4v) is 7.06. The van der Waals surface area contributed by atoms with Crippen molar-refractivity contribution in [1.82, 2.24) is 19.8 Å². The van der Waals surface area contributed by atoms with E-state index in [1.807, 2.05) is 0 Å². The summed E-state index contributed by atoms with van der Waals surface area (Å²) >= 11 is 0. The van der Waals surface area contributed by atoms with E-state index in [2.05, 4.69) is 90.1 Å². The summed E-state index contributed by atoms with van der Waals surface area (Å²) in [6, 6.07) is 19.1. The Morgan fingerprint density at radius 1 is 0.575 bits per heavy atom. The van der Waals surface area contributed by atoms with Gasteiger partial charge < -0.3 is 10.6 Å². The highest BCUT2D eigenvalue weighted by atomic mass is 15.2. The Kier molecular flexibility index (Phi) is 9.46. The van der Waals surface area contributed by atoms with Crippen LogP contribution in [0, 0.1) is 0 Å². The Bertz CT molecular complexity index is 1240. The van der Waals surface area contributed by atoms with Gasteiger partial charge in [0, 0.05) is 12.1 Å². The lowest BCUT2D eigenvalue weighted by Crippen LogP contribution is -2.42. The molecular formula is C34H50N6+2. The summed E-state index contributed by atoms with van der Waals surface area (Å²) in [4.78, 5) is 0. The molecule has 2 fully saturated rings. The van der Waals surface area contributed by atoms with Gasteiger partial charge in [0.2, 0.25) is 12.7 Å². The van der Waals surface area contributed by atoms with Crippen LogP contribution in [0.3, 0.4) is 0 Å². The number of aromatic nitrogens is 4. The first-order valence-electron chi connectivity index (χ1n) is 16.3. The van der Waals surface area contributed by atoms with Crippen LogP contribution in [0.15, 0.2) is 61.2 Å². The van der Waals surface area contributed by atoms with Crippen LogP contribution in [0.2, 0.25) is 0 Å². The molecule has 2 atom stereocenters. The van der Waals surface area contributed by atoms with Crippen molar-refractivity contribution in [2.75, 3.05) is 13.1 Å². The van der Waals surface area contributed by atoms with Crippen LogP contribution in [-0.2, 0) is 26.2 Å². The molecular weight excluding hydrogens is 492 g/mol. The number of imidazole rings is 2. The van der Waals surface area contributed by atoms with Crippen molar-refractivity contribution in [3.05, 3.63) is 61.2 Å². The summed E-state index contributed by atoms with van der Waals surface area (Å²) < 4.78 is 9.93. The first kappa shape index (κ1) is 27.5. The zero-order valence-corrected chi connectivity index (χ0v) is 24.4. The van der Waals surface area contributed by atoms with Gasteiger partial charge in [-0.3, -0.25) is 0 Å². The fraction of sp³-hybridized carbons (Fsp3) is 0.588. The zero-order chi connectivity index (χ0) is 27.0. The van der Waals surface area contributed by atoms with E-state index >= 15 is 0 Å². The molecule has 0 bridgehead atoms. The number of fused-ring (bicyclic) bond motifs is 2. The van der Waals surface area contributed by atoms with Crippen molar-refractivity contribution < 1.29 is 9.13 Å². The quantitative estimate of drug-likeness (QED) is 0.154. The van der Waals surface area contributed by atoms with Gasteiger partial charge in [-0.15, -0.1) is 0 Å². The van der Waals surface area contributed by atoms with Crippen LogP contribution in [0.5, 0.6) is 0 Å². The van der Waals surface area contributed by atoms with Gasteiger partial charge in [0.15, 0.2) is 22.1 Å². The predicted molar refractivity (Wildman–Crippen MR) is 163 cm³/mol. The van der Waals surface area contributed by atoms with Crippen molar-refractivity contribution in [2.24, 2.45) is 0 Å². The summed E-state index contributed by atoms with van der Waals surface area (Å²) in [5.74, 6) is 0. The third-order valence-corrected chi connectivity index (χ3v) is 9.27. The lowest BCUT2D eigenvalue weighted by atomic mass is 10.1. The van der Waals surface area contributed by atoms with Gasteiger partial charge in [0.05, 0.1) is 13.1 Å². The van der Waals surface area contributed by atoms with Gasteiger partial charge in [-0.2, -0.15) is 0 Å². The summed E-state index contributed by atoms with van der Waals surface area (Å²) in [7, 11) is 0. The second-order valence-corrected chi connectivity index (χ2v) is 12.3. The fourth-order valence-electron chi connectivity index (χ4n) is 7.06. The van der Waals surface area contributed by atoms with E-state index in [4.69, 9.17) is 0 Å². The van der Waals surface area contributed by atoms with Gasteiger partial charge >= 0.3 is 0 Å². The third-order valence-electron chi connectivity index (χ3n) is 9.27. The first-order chi connectivity index (χ1) is 19.8. The molecule has 0 amide bonds. The smallest absolute Gasteiger partial charge is 0.244 e. The number of benzene rings is 2. The molecule has 6 heteroatoms. The Morgan fingerprint density at radius 2 is 1.00 bits per heavy atom. The third kappa shape index (κ3) is 6.77. The average Bonchev–Trinajstić information content (AvgIpc) is 3.80. The Balaban J connectivity index is 0.883. The minimum Gasteiger partial charge on any atom is -0.310 e. The van der Waals surface area contributed by atoms with Gasteiger partial charge in [0.25, 0.3) is 0 Å². The monoisotopic (exact) mass is 542 g/mol. The minimum atomic E-state index is 0.627. The molecule has 0 unspecified atom stereocenters. The lowest BCUT2D eigenvalue weighted by Gasteiger charge is -2.06. The summed E-state index contributed by atoms with van der Waals surface area (Å²) in [5.41, 5.74) is 5.53. The van der Waals surface area contributed by atoms with E-state index in [1.54, 1.807) is 0 Å². The van der Waals surface area contributed by atoms with Gasteiger partial charge in [-0.1, -0.05) is 49.9 Å². The molecule has 4 aromatic rings. The van der Waals surface area contributed by atoms with E-state index in [0.717, 1.165) is 26.2 Å². The summed E-state index contributed by atoms with van der Waals surface area (Å²) in [6.07, 6.45) is 20.7. The van der Waals surface area contributed by atoms with Crippen LogP contribution >= 0.6 is 0 Å². The van der Waals surface area contributed by atoms with Crippen LogP contribution in [0.1, 0.15) is 77.0 Å². The maximum Gasteiger partial charge on any atom is 0.244 e. The molecule has 214 valence electrons. The molecule has 2 aromatic heterocycles. The molecule has 4 heterocycles. The Hall–Kier alpha value is -2.70. The van der Waals surface area contributed by atoms with Crippen molar-refractivity contribution in [3.63, 3.8) is 0 Å². The van der Waals surface area contributed by atoms with Crippen LogP contribution in [-0.4, -0.2) is 34.3 Å². The van der Waals surface area contributed by atoms with Crippen molar-refractivity contribution >= 4 is 22.1 Å². The average molecular weight is 543 g/mol. The Morgan fingerprint density at radius 3 is 1.43 bits per heavy atom. The van der Waals surface area contributed by atoms with E-state index < -0.39 is 0 Å². The number of aryl methyl sites for hydroxylation is 2. The van der Waals surface area contributed by atoms with E-state index in [9.17, 15) is 0 Å². The normalized spacial score (nSPS) is 19.4. The van der Waals surface area contributed by atoms with Crippen LogP contribution < -0.4 is 19.8 Å². The molecule has 2 aliphatic heterocycles. The number of hydrogen-bond acceptors (Lipinski definition) is 2. The highest BCUT2D eigenvalue weighted by molar-refractivity contribution is 5.72. The standard InChI is InChI=1S/C34H50N6/c1(3-5-11-23-37-27-39(25-29-15-13-21-35-29)33-19-9-7-17-31(33)37)2-4-6-12-24-38-28-40(26-30-16-14-22-36-30)34-20-10-8-18-32(34)38/h7-10,17-20,27-30,35-36H,1-6,11-16,21-26H2/q+2/t29-,30-/m0/s1. The maximum atomic E-state index is 3.66. The molecule has 0 saturated carbocycles. The van der Waals surface area contributed by atoms with Crippen LogP contribution in [0.25, 0.3) is 22.1 Å². The molecule has 2 saturated heterocycles. The molecule has 6 rings (SSSR count). The van der Waals surface area contributed by atoms with E-state index in [1.165, 1.54) is 112 Å². The number of nitrogens with zero attached hydrogens (tertiary/aromatic N) is 4. The number of hydrogen-bond donors (Lipinski definition) is 2. The molecule has 2 N–H and O–H groups in total. The van der Waals surface area contributed by atoms with Gasteiger partial charge in [-0.25, -0.2) is 18.3 Å². The summed E-state index contributed by atoms with van der Waals surface area (Å²) in [6.45, 7) is 6.79. The van der Waals surface area contributed by atoms with E-state index in [-0.39, 0.29) is 0 Å². The molecule has 0 radical (unpaired) electrons. The molecule has 0 spiro atoms. The Labute approximate surface area is 240 Å².